The topological polar surface area (TPSA) is 90.9 Å². The number of esters is 2. The number of hydrogen-bond acceptors (Lipinski definition) is 6. The zero-order chi connectivity index (χ0) is 19.1. The van der Waals surface area contributed by atoms with Gasteiger partial charge >= 0.3 is 11.9 Å². The molecular formula is C18H16FNO6. The van der Waals surface area contributed by atoms with Crippen LogP contribution in [0.25, 0.3) is 0 Å². The van der Waals surface area contributed by atoms with Gasteiger partial charge in [-0.2, -0.15) is 0 Å². The van der Waals surface area contributed by atoms with E-state index in [-0.39, 0.29) is 11.3 Å². The summed E-state index contributed by atoms with van der Waals surface area (Å²) < 4.78 is 27.7. The van der Waals surface area contributed by atoms with E-state index in [1.807, 2.05) is 0 Å². The van der Waals surface area contributed by atoms with E-state index in [4.69, 9.17) is 9.47 Å². The van der Waals surface area contributed by atoms with Crippen molar-refractivity contribution in [1.82, 2.24) is 0 Å². The van der Waals surface area contributed by atoms with Crippen molar-refractivity contribution in [3.8, 4) is 5.75 Å². The lowest BCUT2D eigenvalue weighted by molar-refractivity contribution is -0.119. The van der Waals surface area contributed by atoms with Gasteiger partial charge in [0.1, 0.15) is 0 Å². The van der Waals surface area contributed by atoms with Crippen LogP contribution >= 0.6 is 0 Å². The lowest BCUT2D eigenvalue weighted by atomic mass is 10.2. The molecule has 2 rings (SSSR count). The molecule has 0 atom stereocenters. The second-order valence-corrected chi connectivity index (χ2v) is 5.04. The van der Waals surface area contributed by atoms with Gasteiger partial charge in [0.2, 0.25) is 0 Å². The number of benzene rings is 2. The van der Waals surface area contributed by atoms with Crippen LogP contribution in [0.5, 0.6) is 5.75 Å². The maximum Gasteiger partial charge on any atom is 0.338 e. The Balaban J connectivity index is 1.89. The number of carbonyl (C=O) groups excluding carboxylic acids is 3. The maximum absolute atomic E-state index is 13.6. The zero-order valence-corrected chi connectivity index (χ0v) is 14.1. The molecule has 0 fully saturated rings. The second-order valence-electron chi connectivity index (χ2n) is 5.04. The first kappa shape index (κ1) is 18.9. The van der Waals surface area contributed by atoms with Crippen molar-refractivity contribution < 1.29 is 33.0 Å². The molecule has 1 N–H and O–H groups in total. The highest BCUT2D eigenvalue weighted by atomic mass is 19.1. The monoisotopic (exact) mass is 361 g/mol. The maximum atomic E-state index is 13.6. The Labute approximate surface area is 148 Å². The van der Waals surface area contributed by atoms with Crippen LogP contribution in [0.15, 0.2) is 42.5 Å². The number of halogens is 1. The highest BCUT2D eigenvalue weighted by Gasteiger charge is 2.13. The van der Waals surface area contributed by atoms with E-state index in [2.05, 4.69) is 10.1 Å². The Morgan fingerprint density at radius 3 is 2.19 bits per heavy atom. The Kier molecular flexibility index (Phi) is 6.26. The molecule has 0 unspecified atom stereocenters. The van der Waals surface area contributed by atoms with E-state index in [9.17, 15) is 18.8 Å². The molecule has 0 aliphatic carbocycles. The van der Waals surface area contributed by atoms with E-state index in [0.717, 1.165) is 6.07 Å². The number of ether oxygens (including phenoxy) is 3. The molecule has 0 heterocycles. The van der Waals surface area contributed by atoms with Gasteiger partial charge in [0.15, 0.2) is 18.2 Å². The molecule has 0 spiro atoms. The van der Waals surface area contributed by atoms with Crippen LogP contribution in [0, 0.1) is 5.82 Å². The third kappa shape index (κ3) is 4.79. The van der Waals surface area contributed by atoms with Crippen LogP contribution in [0.3, 0.4) is 0 Å². The first-order valence-electron chi connectivity index (χ1n) is 7.43. The fourth-order valence-electron chi connectivity index (χ4n) is 2.01. The van der Waals surface area contributed by atoms with Gasteiger partial charge in [0, 0.05) is 5.69 Å². The van der Waals surface area contributed by atoms with Crippen molar-refractivity contribution in [3.63, 3.8) is 0 Å². The molecular weight excluding hydrogens is 345 g/mol. The van der Waals surface area contributed by atoms with Crippen molar-refractivity contribution in [2.24, 2.45) is 0 Å². The molecule has 0 bridgehead atoms. The predicted molar refractivity (Wildman–Crippen MR) is 89.6 cm³/mol. The third-order valence-corrected chi connectivity index (χ3v) is 3.31. The molecule has 136 valence electrons. The van der Waals surface area contributed by atoms with Gasteiger partial charge in [-0.05, 0) is 42.5 Å². The highest BCUT2D eigenvalue weighted by molar-refractivity contribution is 5.96. The number of methoxy groups -OCH3 is 2. The molecule has 8 heteroatoms. The summed E-state index contributed by atoms with van der Waals surface area (Å²) in [6, 6.07) is 9.55. The minimum atomic E-state index is -0.845. The van der Waals surface area contributed by atoms with Crippen molar-refractivity contribution in [2.45, 2.75) is 0 Å². The molecule has 0 radical (unpaired) electrons. The quantitative estimate of drug-likeness (QED) is 0.795. The van der Waals surface area contributed by atoms with Gasteiger partial charge in [-0.15, -0.1) is 0 Å². The van der Waals surface area contributed by atoms with Crippen LogP contribution in [0.2, 0.25) is 0 Å². The molecule has 0 saturated heterocycles. The van der Waals surface area contributed by atoms with Gasteiger partial charge in [-0.25, -0.2) is 14.0 Å². The van der Waals surface area contributed by atoms with Gasteiger partial charge in [-0.1, -0.05) is 0 Å². The number of anilines is 1. The number of nitrogens with one attached hydrogen (secondary N) is 1. The summed E-state index contributed by atoms with van der Waals surface area (Å²) in [6.45, 7) is -0.550. The average molecular weight is 361 g/mol. The Bertz CT molecular complexity index is 819. The van der Waals surface area contributed by atoms with Crippen molar-refractivity contribution in [2.75, 3.05) is 26.1 Å². The minimum Gasteiger partial charge on any atom is -0.494 e. The Morgan fingerprint density at radius 2 is 1.62 bits per heavy atom. The van der Waals surface area contributed by atoms with Crippen LogP contribution < -0.4 is 10.1 Å². The van der Waals surface area contributed by atoms with Crippen LogP contribution in [-0.2, 0) is 14.3 Å². The Morgan fingerprint density at radius 1 is 0.962 bits per heavy atom. The molecule has 2 aromatic carbocycles. The summed E-state index contributed by atoms with van der Waals surface area (Å²) in [7, 11) is 2.57. The van der Waals surface area contributed by atoms with E-state index in [1.54, 1.807) is 0 Å². The second kappa shape index (κ2) is 8.61. The zero-order valence-electron chi connectivity index (χ0n) is 14.1. The lowest BCUT2D eigenvalue weighted by Crippen LogP contribution is -2.21. The number of amides is 1. The normalized spacial score (nSPS) is 9.96. The summed E-state index contributed by atoms with van der Waals surface area (Å²) in [5.74, 6) is -2.64. The molecule has 2 aromatic rings. The molecule has 1 amide bonds. The first-order valence-corrected chi connectivity index (χ1v) is 7.43. The standard InChI is InChI=1S/C18H16FNO6/c1-24-15-8-5-12(9-14(15)19)18(23)26-10-16(21)20-13-6-3-11(4-7-13)17(22)25-2/h3-9H,10H2,1-2H3,(H,20,21). The van der Waals surface area contributed by atoms with Gasteiger partial charge in [0.25, 0.3) is 5.91 Å². The molecule has 7 nitrogen and oxygen atoms in total. The lowest BCUT2D eigenvalue weighted by Gasteiger charge is -2.08. The van der Waals surface area contributed by atoms with Crippen molar-refractivity contribution in [1.29, 1.82) is 0 Å². The van der Waals surface area contributed by atoms with Gasteiger partial charge in [0.05, 0.1) is 25.3 Å². The predicted octanol–water partition coefficient (Wildman–Crippen LogP) is 2.42. The number of rotatable bonds is 6. The van der Waals surface area contributed by atoms with Crippen LogP contribution in [0.1, 0.15) is 20.7 Å². The summed E-state index contributed by atoms with van der Waals surface area (Å²) in [4.78, 5) is 35.0. The van der Waals surface area contributed by atoms with Crippen molar-refractivity contribution >= 4 is 23.5 Å². The molecule has 0 aliphatic heterocycles. The highest BCUT2D eigenvalue weighted by Crippen LogP contribution is 2.18. The fraction of sp³-hybridized carbons (Fsp3) is 0.167. The van der Waals surface area contributed by atoms with E-state index >= 15 is 0 Å². The summed E-state index contributed by atoms with van der Waals surface area (Å²) in [5, 5.41) is 2.50. The van der Waals surface area contributed by atoms with E-state index < -0.39 is 30.3 Å². The molecule has 0 aromatic heterocycles. The number of hydrogen-bond donors (Lipinski definition) is 1. The first-order chi connectivity index (χ1) is 12.4. The minimum absolute atomic E-state index is 0.00491. The van der Waals surface area contributed by atoms with Crippen LogP contribution in [0.4, 0.5) is 10.1 Å². The Hall–Kier alpha value is -3.42. The summed E-state index contributed by atoms with van der Waals surface area (Å²) in [6.07, 6.45) is 0. The van der Waals surface area contributed by atoms with Gasteiger partial charge in [-0.3, -0.25) is 4.79 Å². The summed E-state index contributed by atoms with van der Waals surface area (Å²) >= 11 is 0. The SMILES string of the molecule is COC(=O)c1ccc(NC(=O)COC(=O)c2ccc(OC)c(F)c2)cc1. The van der Waals surface area contributed by atoms with Crippen molar-refractivity contribution in [3.05, 3.63) is 59.4 Å². The molecule has 26 heavy (non-hydrogen) atoms. The largest absolute Gasteiger partial charge is 0.494 e. The van der Waals surface area contributed by atoms with E-state index in [1.165, 1.54) is 50.6 Å². The molecule has 0 aliphatic rings. The average Bonchev–Trinajstić information content (AvgIpc) is 2.66. The van der Waals surface area contributed by atoms with Crippen LogP contribution in [-0.4, -0.2) is 38.7 Å². The summed E-state index contributed by atoms with van der Waals surface area (Å²) in [5.41, 5.74) is 0.700. The van der Waals surface area contributed by atoms with Gasteiger partial charge < -0.3 is 19.5 Å². The number of carbonyl (C=O) groups is 3. The molecule has 0 saturated carbocycles. The third-order valence-electron chi connectivity index (χ3n) is 3.31. The fourth-order valence-corrected chi connectivity index (χ4v) is 2.01. The smallest absolute Gasteiger partial charge is 0.338 e. The van der Waals surface area contributed by atoms with E-state index in [0.29, 0.717) is 11.3 Å².